The van der Waals surface area contributed by atoms with Gasteiger partial charge in [-0.15, -0.1) is 0 Å². The van der Waals surface area contributed by atoms with Crippen molar-refractivity contribution < 1.29 is 9.53 Å². The fraction of sp³-hybridized carbons (Fsp3) is 0.929. The van der Waals surface area contributed by atoms with E-state index in [1.165, 1.54) is 0 Å². The summed E-state index contributed by atoms with van der Waals surface area (Å²) in [6, 6.07) is 0.0679. The molecular weight excluding hydrogens is 242 g/mol. The largest absolute Gasteiger partial charge is 0.371 e. The van der Waals surface area contributed by atoms with E-state index < -0.39 is 0 Å². The fourth-order valence-corrected chi connectivity index (χ4v) is 2.19. The second-order valence-electron chi connectivity index (χ2n) is 5.82. The van der Waals surface area contributed by atoms with Crippen LogP contribution in [0.2, 0.25) is 0 Å². The summed E-state index contributed by atoms with van der Waals surface area (Å²) in [6.07, 6.45) is 2.01. The number of ether oxygens (including phenoxy) is 1. The number of nitrogens with one attached hydrogen (secondary N) is 3. The first kappa shape index (κ1) is 16.2. The van der Waals surface area contributed by atoms with Crippen molar-refractivity contribution in [3.05, 3.63) is 0 Å². The number of carbonyl (C=O) groups is 1. The number of amides is 2. The molecule has 0 aromatic rings. The average Bonchev–Trinajstić information content (AvgIpc) is 2.38. The van der Waals surface area contributed by atoms with E-state index in [0.717, 1.165) is 25.9 Å². The molecule has 2 atom stereocenters. The van der Waals surface area contributed by atoms with Crippen LogP contribution in [-0.4, -0.2) is 43.9 Å². The molecular formula is C14H29N3O2. The van der Waals surface area contributed by atoms with Gasteiger partial charge in [0.05, 0.1) is 12.2 Å². The highest BCUT2D eigenvalue weighted by molar-refractivity contribution is 5.74. The van der Waals surface area contributed by atoms with E-state index >= 15 is 0 Å². The van der Waals surface area contributed by atoms with Gasteiger partial charge in [-0.3, -0.25) is 0 Å². The Morgan fingerprint density at radius 1 is 1.42 bits per heavy atom. The molecule has 3 N–H and O–H groups in total. The van der Waals surface area contributed by atoms with E-state index in [9.17, 15) is 4.79 Å². The molecule has 1 heterocycles. The lowest BCUT2D eigenvalue weighted by Crippen LogP contribution is -2.57. The van der Waals surface area contributed by atoms with Gasteiger partial charge in [-0.05, 0) is 19.3 Å². The maximum absolute atomic E-state index is 11.8. The zero-order valence-corrected chi connectivity index (χ0v) is 12.7. The Balaban J connectivity index is 2.41. The van der Waals surface area contributed by atoms with E-state index in [2.05, 4.69) is 36.7 Å². The third kappa shape index (κ3) is 5.37. The van der Waals surface area contributed by atoms with Crippen molar-refractivity contribution in [1.29, 1.82) is 0 Å². The zero-order valence-electron chi connectivity index (χ0n) is 12.7. The summed E-state index contributed by atoms with van der Waals surface area (Å²) in [4.78, 5) is 11.8. The Morgan fingerprint density at radius 2 is 2.16 bits per heavy atom. The minimum Gasteiger partial charge on any atom is -0.371 e. The molecule has 0 aromatic heterocycles. The number of rotatable bonds is 6. The molecule has 0 spiro atoms. The number of carbonyl (C=O) groups excluding carboxylic acids is 1. The summed E-state index contributed by atoms with van der Waals surface area (Å²) in [5.41, 5.74) is -0.245. The van der Waals surface area contributed by atoms with Gasteiger partial charge in [0.25, 0.3) is 0 Å². The second kappa shape index (κ2) is 7.70. The number of hydrogen-bond acceptors (Lipinski definition) is 3. The van der Waals surface area contributed by atoms with Crippen molar-refractivity contribution in [2.24, 2.45) is 5.92 Å². The maximum atomic E-state index is 11.8. The van der Waals surface area contributed by atoms with Crippen LogP contribution in [0.25, 0.3) is 0 Å². The summed E-state index contributed by atoms with van der Waals surface area (Å²) in [6.45, 7) is 11.3. The van der Waals surface area contributed by atoms with Crippen LogP contribution in [0.1, 0.15) is 40.5 Å². The Hall–Kier alpha value is -0.810. The first-order valence-electron chi connectivity index (χ1n) is 7.38. The molecule has 1 fully saturated rings. The number of hydrogen-bond donors (Lipinski definition) is 3. The molecule has 1 aliphatic heterocycles. The van der Waals surface area contributed by atoms with E-state index in [1.54, 1.807) is 0 Å². The van der Waals surface area contributed by atoms with Gasteiger partial charge in [0.15, 0.2) is 0 Å². The molecule has 2 unspecified atom stereocenters. The molecule has 0 saturated carbocycles. The quantitative estimate of drug-likeness (QED) is 0.686. The Bertz CT molecular complexity index is 270. The van der Waals surface area contributed by atoms with Gasteiger partial charge in [-0.2, -0.15) is 0 Å². The Labute approximate surface area is 116 Å². The molecule has 1 rings (SSSR count). The lowest BCUT2D eigenvalue weighted by molar-refractivity contribution is -0.0681. The SMILES string of the molecule is CCCC1(CNC(=O)NC(C)C(C)C)CNCCO1. The smallest absolute Gasteiger partial charge is 0.315 e. The van der Waals surface area contributed by atoms with Gasteiger partial charge < -0.3 is 20.7 Å². The summed E-state index contributed by atoms with van der Waals surface area (Å²) >= 11 is 0. The van der Waals surface area contributed by atoms with Crippen LogP contribution in [0.15, 0.2) is 0 Å². The molecule has 0 aromatic carbocycles. The molecule has 5 heteroatoms. The van der Waals surface area contributed by atoms with Crippen molar-refractivity contribution >= 4 is 6.03 Å². The monoisotopic (exact) mass is 271 g/mol. The zero-order chi connectivity index (χ0) is 14.3. The summed E-state index contributed by atoms with van der Waals surface area (Å²) < 4.78 is 5.90. The lowest BCUT2D eigenvalue weighted by Gasteiger charge is -2.38. The van der Waals surface area contributed by atoms with Crippen LogP contribution in [0, 0.1) is 5.92 Å². The van der Waals surface area contributed by atoms with Gasteiger partial charge in [0.1, 0.15) is 0 Å². The number of urea groups is 1. The molecule has 0 aliphatic carbocycles. The average molecular weight is 271 g/mol. The van der Waals surface area contributed by atoms with Gasteiger partial charge in [-0.25, -0.2) is 4.79 Å². The molecule has 112 valence electrons. The van der Waals surface area contributed by atoms with E-state index in [1.807, 2.05) is 6.92 Å². The van der Waals surface area contributed by atoms with Crippen molar-refractivity contribution in [2.45, 2.75) is 52.2 Å². The van der Waals surface area contributed by atoms with Gasteiger partial charge >= 0.3 is 6.03 Å². The highest BCUT2D eigenvalue weighted by Gasteiger charge is 2.32. The van der Waals surface area contributed by atoms with Crippen molar-refractivity contribution in [3.8, 4) is 0 Å². The van der Waals surface area contributed by atoms with Crippen LogP contribution in [-0.2, 0) is 4.74 Å². The van der Waals surface area contributed by atoms with Crippen LogP contribution < -0.4 is 16.0 Å². The summed E-state index contributed by atoms with van der Waals surface area (Å²) in [5, 5.41) is 9.25. The van der Waals surface area contributed by atoms with E-state index in [-0.39, 0.29) is 17.7 Å². The molecule has 0 radical (unpaired) electrons. The minimum atomic E-state index is -0.245. The first-order valence-corrected chi connectivity index (χ1v) is 7.38. The standard InChI is InChI=1S/C14H29N3O2/c1-5-6-14(9-15-7-8-19-14)10-16-13(18)17-12(4)11(2)3/h11-12,15H,5-10H2,1-4H3,(H2,16,17,18). The number of morpholine rings is 1. The molecule has 2 amide bonds. The van der Waals surface area contributed by atoms with Crippen LogP contribution in [0.3, 0.4) is 0 Å². The Morgan fingerprint density at radius 3 is 2.68 bits per heavy atom. The summed E-state index contributed by atoms with van der Waals surface area (Å²) in [7, 11) is 0. The Kier molecular flexibility index (Phi) is 6.58. The molecule has 1 saturated heterocycles. The van der Waals surface area contributed by atoms with Crippen molar-refractivity contribution in [3.63, 3.8) is 0 Å². The predicted molar refractivity (Wildman–Crippen MR) is 77.3 cm³/mol. The normalized spacial score (nSPS) is 25.1. The minimum absolute atomic E-state index is 0.106. The molecule has 1 aliphatic rings. The van der Waals surface area contributed by atoms with Gasteiger partial charge in [0.2, 0.25) is 0 Å². The van der Waals surface area contributed by atoms with Crippen LogP contribution >= 0.6 is 0 Å². The predicted octanol–water partition coefficient (Wildman–Crippen LogP) is 1.49. The van der Waals surface area contributed by atoms with Crippen molar-refractivity contribution in [2.75, 3.05) is 26.2 Å². The molecule has 19 heavy (non-hydrogen) atoms. The third-order valence-corrected chi connectivity index (χ3v) is 3.77. The van der Waals surface area contributed by atoms with Gasteiger partial charge in [0, 0.05) is 25.7 Å². The van der Waals surface area contributed by atoms with Crippen LogP contribution in [0.4, 0.5) is 4.79 Å². The highest BCUT2D eigenvalue weighted by atomic mass is 16.5. The summed E-state index contributed by atoms with van der Waals surface area (Å²) in [5.74, 6) is 0.433. The highest BCUT2D eigenvalue weighted by Crippen LogP contribution is 2.19. The van der Waals surface area contributed by atoms with E-state index in [4.69, 9.17) is 4.74 Å². The topological polar surface area (TPSA) is 62.4 Å². The van der Waals surface area contributed by atoms with E-state index in [0.29, 0.717) is 19.1 Å². The van der Waals surface area contributed by atoms with Crippen LogP contribution in [0.5, 0.6) is 0 Å². The van der Waals surface area contributed by atoms with Crippen molar-refractivity contribution in [1.82, 2.24) is 16.0 Å². The lowest BCUT2D eigenvalue weighted by atomic mass is 9.96. The third-order valence-electron chi connectivity index (χ3n) is 3.77. The maximum Gasteiger partial charge on any atom is 0.315 e. The van der Waals surface area contributed by atoms with Gasteiger partial charge in [-0.1, -0.05) is 27.2 Å². The second-order valence-corrected chi connectivity index (χ2v) is 5.82. The fourth-order valence-electron chi connectivity index (χ4n) is 2.19. The molecule has 0 bridgehead atoms. The first-order chi connectivity index (χ1) is 8.99. The molecule has 5 nitrogen and oxygen atoms in total.